The van der Waals surface area contributed by atoms with E-state index in [-0.39, 0.29) is 12.3 Å². The number of hydrogen-bond acceptors (Lipinski definition) is 3. The summed E-state index contributed by atoms with van der Waals surface area (Å²) >= 11 is 18.0. The summed E-state index contributed by atoms with van der Waals surface area (Å²) < 4.78 is 0. The van der Waals surface area contributed by atoms with Crippen LogP contribution >= 0.6 is 34.8 Å². The van der Waals surface area contributed by atoms with E-state index < -0.39 is 0 Å². The molecule has 4 rings (SSSR count). The Morgan fingerprint density at radius 2 is 1.74 bits per heavy atom. The number of anilines is 3. The molecule has 0 spiro atoms. The summed E-state index contributed by atoms with van der Waals surface area (Å²) in [5.74, 6) is 0.589. The van der Waals surface area contributed by atoms with E-state index in [0.29, 0.717) is 20.8 Å². The fourth-order valence-corrected chi connectivity index (χ4v) is 3.80. The van der Waals surface area contributed by atoms with Crippen LogP contribution in [0.3, 0.4) is 0 Å². The number of hydrogen-bond donors (Lipinski definition) is 2. The monoisotopic (exact) mass is 469 g/mol. The maximum atomic E-state index is 12.5. The molecule has 0 bridgehead atoms. The van der Waals surface area contributed by atoms with Gasteiger partial charge >= 0.3 is 0 Å². The van der Waals surface area contributed by atoms with Gasteiger partial charge in [-0.05, 0) is 72.6 Å². The Kier molecular flexibility index (Phi) is 6.33. The van der Waals surface area contributed by atoms with Gasteiger partial charge in [0, 0.05) is 21.8 Å². The third kappa shape index (κ3) is 5.28. The number of nitrogens with zero attached hydrogens (tertiary/aromatic N) is 1. The van der Waals surface area contributed by atoms with Crippen LogP contribution < -0.4 is 10.6 Å². The Bertz CT molecular complexity index is 1290. The first kappa shape index (κ1) is 21.4. The van der Waals surface area contributed by atoms with Gasteiger partial charge in [0.2, 0.25) is 5.91 Å². The molecule has 0 aliphatic heterocycles. The van der Waals surface area contributed by atoms with E-state index >= 15 is 0 Å². The van der Waals surface area contributed by atoms with E-state index in [1.54, 1.807) is 18.2 Å². The van der Waals surface area contributed by atoms with E-state index in [0.717, 1.165) is 33.5 Å². The summed E-state index contributed by atoms with van der Waals surface area (Å²) in [5.41, 5.74) is 4.23. The van der Waals surface area contributed by atoms with Crippen LogP contribution in [0.5, 0.6) is 0 Å². The minimum Gasteiger partial charge on any atom is -0.340 e. The molecule has 0 saturated carbocycles. The molecule has 0 radical (unpaired) electrons. The Hall–Kier alpha value is -2.79. The number of fused-ring (bicyclic) bond motifs is 1. The minimum absolute atomic E-state index is 0.136. The lowest BCUT2D eigenvalue weighted by Gasteiger charge is -2.11. The molecule has 0 atom stereocenters. The van der Waals surface area contributed by atoms with Gasteiger partial charge in [-0.25, -0.2) is 4.98 Å². The van der Waals surface area contributed by atoms with Crippen LogP contribution in [0.15, 0.2) is 66.7 Å². The topological polar surface area (TPSA) is 54.0 Å². The Labute approximate surface area is 195 Å². The molecule has 3 aromatic carbocycles. The highest BCUT2D eigenvalue weighted by Gasteiger charge is 2.09. The predicted molar refractivity (Wildman–Crippen MR) is 130 cm³/mol. The molecule has 2 N–H and O–H groups in total. The molecular weight excluding hydrogens is 453 g/mol. The number of rotatable bonds is 5. The Morgan fingerprint density at radius 3 is 2.52 bits per heavy atom. The summed E-state index contributed by atoms with van der Waals surface area (Å²) in [6, 6.07) is 20.3. The van der Waals surface area contributed by atoms with Gasteiger partial charge in [0.05, 0.1) is 22.0 Å². The molecule has 7 heteroatoms. The van der Waals surface area contributed by atoms with Crippen molar-refractivity contribution in [3.05, 3.63) is 92.9 Å². The van der Waals surface area contributed by atoms with E-state index in [4.69, 9.17) is 34.8 Å². The first-order valence-corrected chi connectivity index (χ1v) is 10.7. The standard InChI is InChI=1S/C24H18Cl3N3O/c1-14-9-23(28-17-4-2-3-16(25)12-17)30-22-8-6-18(13-19(14)22)29-24(31)11-15-5-7-20(26)21(27)10-15/h2-10,12-13H,11H2,1H3,(H,28,30)(H,29,31). The fraction of sp³-hybridized carbons (Fsp3) is 0.0833. The molecule has 156 valence electrons. The van der Waals surface area contributed by atoms with Crippen LogP contribution in [-0.2, 0) is 11.2 Å². The summed E-state index contributed by atoms with van der Waals surface area (Å²) in [5, 5.41) is 8.72. The maximum absolute atomic E-state index is 12.5. The SMILES string of the molecule is Cc1cc(Nc2cccc(Cl)c2)nc2ccc(NC(=O)Cc3ccc(Cl)c(Cl)c3)cc12. The first-order valence-electron chi connectivity index (χ1n) is 9.55. The van der Waals surface area contributed by atoms with Gasteiger partial charge in [-0.15, -0.1) is 0 Å². The number of carbonyl (C=O) groups excluding carboxylic acids is 1. The van der Waals surface area contributed by atoms with Crippen molar-refractivity contribution in [3.8, 4) is 0 Å². The molecule has 1 aromatic heterocycles. The van der Waals surface area contributed by atoms with Gasteiger partial charge in [-0.1, -0.05) is 46.9 Å². The van der Waals surface area contributed by atoms with Gasteiger partial charge in [0.15, 0.2) is 0 Å². The molecule has 4 nitrogen and oxygen atoms in total. The van der Waals surface area contributed by atoms with E-state index in [9.17, 15) is 4.79 Å². The molecule has 31 heavy (non-hydrogen) atoms. The number of benzene rings is 3. The van der Waals surface area contributed by atoms with Gasteiger partial charge in [-0.2, -0.15) is 0 Å². The number of aromatic nitrogens is 1. The van der Waals surface area contributed by atoms with E-state index in [1.165, 1.54) is 0 Å². The number of nitrogens with one attached hydrogen (secondary N) is 2. The van der Waals surface area contributed by atoms with Crippen LogP contribution in [0, 0.1) is 6.92 Å². The molecule has 1 amide bonds. The second kappa shape index (κ2) is 9.15. The fourth-order valence-electron chi connectivity index (χ4n) is 3.29. The number of amides is 1. The number of pyridine rings is 1. The smallest absolute Gasteiger partial charge is 0.228 e. The average Bonchev–Trinajstić information content (AvgIpc) is 2.71. The molecule has 0 saturated heterocycles. The highest BCUT2D eigenvalue weighted by atomic mass is 35.5. The molecular formula is C24H18Cl3N3O. The zero-order valence-corrected chi connectivity index (χ0v) is 18.8. The third-order valence-corrected chi connectivity index (χ3v) is 5.72. The van der Waals surface area contributed by atoms with Gasteiger partial charge in [0.1, 0.15) is 5.82 Å². The predicted octanol–water partition coefficient (Wildman–Crippen LogP) is 7.43. The second-order valence-corrected chi connectivity index (χ2v) is 8.42. The summed E-state index contributed by atoms with van der Waals surface area (Å²) in [7, 11) is 0. The second-order valence-electron chi connectivity index (χ2n) is 7.17. The highest BCUT2D eigenvalue weighted by molar-refractivity contribution is 6.42. The number of carbonyl (C=O) groups is 1. The molecule has 0 fully saturated rings. The Morgan fingerprint density at radius 1 is 0.903 bits per heavy atom. The number of halogens is 3. The zero-order chi connectivity index (χ0) is 22.0. The summed E-state index contributed by atoms with van der Waals surface area (Å²) in [4.78, 5) is 17.1. The van der Waals surface area contributed by atoms with Crippen molar-refractivity contribution >= 4 is 68.8 Å². The van der Waals surface area contributed by atoms with Crippen LogP contribution in [0.25, 0.3) is 10.9 Å². The lowest BCUT2D eigenvalue weighted by molar-refractivity contribution is -0.115. The molecule has 0 unspecified atom stereocenters. The lowest BCUT2D eigenvalue weighted by atomic mass is 10.1. The Balaban J connectivity index is 1.51. The van der Waals surface area contributed by atoms with Crippen molar-refractivity contribution in [3.63, 3.8) is 0 Å². The van der Waals surface area contributed by atoms with Gasteiger partial charge in [-0.3, -0.25) is 4.79 Å². The van der Waals surface area contributed by atoms with Gasteiger partial charge in [0.25, 0.3) is 0 Å². The highest BCUT2D eigenvalue weighted by Crippen LogP contribution is 2.27. The van der Waals surface area contributed by atoms with Gasteiger partial charge < -0.3 is 10.6 Å². The summed E-state index contributed by atoms with van der Waals surface area (Å²) in [6.07, 6.45) is 0.203. The van der Waals surface area contributed by atoms with Crippen LogP contribution in [-0.4, -0.2) is 10.9 Å². The maximum Gasteiger partial charge on any atom is 0.228 e. The van der Waals surface area contributed by atoms with E-state index in [2.05, 4.69) is 15.6 Å². The first-order chi connectivity index (χ1) is 14.9. The lowest BCUT2D eigenvalue weighted by Crippen LogP contribution is -2.14. The van der Waals surface area contributed by atoms with Crippen molar-refractivity contribution in [1.29, 1.82) is 0 Å². The van der Waals surface area contributed by atoms with Crippen molar-refractivity contribution in [1.82, 2.24) is 4.98 Å². The van der Waals surface area contributed by atoms with Crippen LogP contribution in [0.2, 0.25) is 15.1 Å². The van der Waals surface area contributed by atoms with Crippen LogP contribution in [0.1, 0.15) is 11.1 Å². The minimum atomic E-state index is -0.136. The quantitative estimate of drug-likeness (QED) is 0.319. The van der Waals surface area contributed by atoms with Crippen molar-refractivity contribution in [2.75, 3.05) is 10.6 Å². The average molecular weight is 471 g/mol. The van der Waals surface area contributed by atoms with E-state index in [1.807, 2.05) is 55.5 Å². The normalized spacial score (nSPS) is 10.8. The number of aryl methyl sites for hydroxylation is 1. The molecule has 1 heterocycles. The van der Waals surface area contributed by atoms with Crippen molar-refractivity contribution in [2.45, 2.75) is 13.3 Å². The van der Waals surface area contributed by atoms with Crippen LogP contribution in [0.4, 0.5) is 17.2 Å². The zero-order valence-electron chi connectivity index (χ0n) is 16.5. The molecule has 4 aromatic rings. The summed E-state index contributed by atoms with van der Waals surface area (Å²) in [6.45, 7) is 2.01. The van der Waals surface area contributed by atoms with Crippen molar-refractivity contribution in [2.24, 2.45) is 0 Å². The largest absolute Gasteiger partial charge is 0.340 e. The molecule has 0 aliphatic carbocycles. The van der Waals surface area contributed by atoms with Crippen molar-refractivity contribution < 1.29 is 4.79 Å². The third-order valence-electron chi connectivity index (χ3n) is 4.74. The molecule has 0 aliphatic rings.